The standard InChI is InChI=1S/C16H28O2/c1-11(2)5-6-14-15(4,18-14)13-9-12(3)7-8-16(13)10-17-16/h11-14H,5-10H2,1-4H3. The van der Waals surface area contributed by atoms with Crippen molar-refractivity contribution in [2.75, 3.05) is 6.61 Å². The lowest BCUT2D eigenvalue weighted by Gasteiger charge is -2.35. The molecule has 3 fully saturated rings. The molecule has 2 nitrogen and oxygen atoms in total. The van der Waals surface area contributed by atoms with Crippen LogP contribution in [-0.2, 0) is 9.47 Å². The van der Waals surface area contributed by atoms with Gasteiger partial charge in [-0.05, 0) is 50.9 Å². The lowest BCUT2D eigenvalue weighted by atomic mass is 9.68. The minimum absolute atomic E-state index is 0.125. The van der Waals surface area contributed by atoms with Crippen LogP contribution in [0.25, 0.3) is 0 Å². The molecule has 18 heavy (non-hydrogen) atoms. The van der Waals surface area contributed by atoms with E-state index in [-0.39, 0.29) is 11.2 Å². The minimum atomic E-state index is 0.125. The summed E-state index contributed by atoms with van der Waals surface area (Å²) >= 11 is 0. The van der Waals surface area contributed by atoms with Gasteiger partial charge < -0.3 is 9.47 Å². The number of epoxide rings is 2. The number of hydrogen-bond donors (Lipinski definition) is 0. The van der Waals surface area contributed by atoms with Crippen molar-refractivity contribution in [3.63, 3.8) is 0 Å². The molecule has 5 atom stereocenters. The summed E-state index contributed by atoms with van der Waals surface area (Å²) in [6, 6.07) is 0. The summed E-state index contributed by atoms with van der Waals surface area (Å²) in [6.45, 7) is 10.3. The van der Waals surface area contributed by atoms with Crippen LogP contribution in [0.4, 0.5) is 0 Å². The predicted octanol–water partition coefficient (Wildman–Crippen LogP) is 3.79. The van der Waals surface area contributed by atoms with Crippen molar-refractivity contribution in [3.8, 4) is 0 Å². The smallest absolute Gasteiger partial charge is 0.0976 e. The first-order valence-corrected chi connectivity index (χ1v) is 7.78. The molecule has 0 aromatic rings. The maximum Gasteiger partial charge on any atom is 0.0976 e. The Hall–Kier alpha value is -0.0800. The molecule has 0 radical (unpaired) electrons. The SMILES string of the molecule is CC(C)CCC1OC1(C)C1CC(C)CCC12CO2. The van der Waals surface area contributed by atoms with Gasteiger partial charge in [0, 0.05) is 5.92 Å². The van der Waals surface area contributed by atoms with E-state index in [1.54, 1.807) is 0 Å². The van der Waals surface area contributed by atoms with Crippen LogP contribution in [-0.4, -0.2) is 23.9 Å². The Kier molecular flexibility index (Phi) is 3.02. The summed E-state index contributed by atoms with van der Waals surface area (Å²) < 4.78 is 12.0. The molecule has 1 saturated carbocycles. The first-order chi connectivity index (χ1) is 8.46. The second-order valence-corrected chi connectivity index (χ2v) is 7.55. The molecule has 2 saturated heterocycles. The van der Waals surface area contributed by atoms with Gasteiger partial charge in [0.1, 0.15) is 0 Å². The molecule has 104 valence electrons. The Bertz CT molecular complexity index is 321. The zero-order valence-electron chi connectivity index (χ0n) is 12.4. The van der Waals surface area contributed by atoms with Gasteiger partial charge in [0.2, 0.25) is 0 Å². The second kappa shape index (κ2) is 4.21. The zero-order valence-corrected chi connectivity index (χ0v) is 12.4. The zero-order chi connectivity index (χ0) is 13.0. The Morgan fingerprint density at radius 3 is 2.67 bits per heavy atom. The van der Waals surface area contributed by atoms with Crippen LogP contribution < -0.4 is 0 Å². The van der Waals surface area contributed by atoms with Crippen LogP contribution in [0.3, 0.4) is 0 Å². The molecule has 2 heterocycles. The van der Waals surface area contributed by atoms with E-state index in [4.69, 9.17) is 9.47 Å². The Balaban J connectivity index is 1.63. The van der Waals surface area contributed by atoms with Gasteiger partial charge in [-0.1, -0.05) is 20.8 Å². The number of rotatable bonds is 4. The first-order valence-electron chi connectivity index (χ1n) is 7.78. The van der Waals surface area contributed by atoms with Gasteiger partial charge in [-0.15, -0.1) is 0 Å². The van der Waals surface area contributed by atoms with Crippen LogP contribution in [0.5, 0.6) is 0 Å². The van der Waals surface area contributed by atoms with E-state index in [9.17, 15) is 0 Å². The largest absolute Gasteiger partial charge is 0.369 e. The van der Waals surface area contributed by atoms with E-state index in [1.165, 1.54) is 32.1 Å². The molecule has 2 heteroatoms. The molecule has 1 spiro atoms. The highest BCUT2D eigenvalue weighted by Crippen LogP contribution is 2.59. The molecule has 2 aliphatic heterocycles. The quantitative estimate of drug-likeness (QED) is 0.711. The molecular weight excluding hydrogens is 224 g/mol. The molecule has 3 rings (SSSR count). The average Bonchev–Trinajstić information content (AvgIpc) is 3.19. The van der Waals surface area contributed by atoms with Crippen molar-refractivity contribution in [2.24, 2.45) is 17.8 Å². The van der Waals surface area contributed by atoms with Crippen molar-refractivity contribution < 1.29 is 9.47 Å². The highest BCUT2D eigenvalue weighted by atomic mass is 16.6. The molecule has 1 aliphatic carbocycles. The molecular formula is C16H28O2. The van der Waals surface area contributed by atoms with E-state index in [2.05, 4.69) is 27.7 Å². The molecule has 0 bridgehead atoms. The number of hydrogen-bond acceptors (Lipinski definition) is 2. The fraction of sp³-hybridized carbons (Fsp3) is 1.00. The van der Waals surface area contributed by atoms with Crippen LogP contribution in [0, 0.1) is 17.8 Å². The third-order valence-electron chi connectivity index (χ3n) is 5.52. The Labute approximate surface area is 111 Å². The van der Waals surface area contributed by atoms with Gasteiger partial charge in [0.05, 0.1) is 23.9 Å². The van der Waals surface area contributed by atoms with Gasteiger partial charge in [-0.2, -0.15) is 0 Å². The summed E-state index contributed by atoms with van der Waals surface area (Å²) in [6.07, 6.45) is 6.91. The van der Waals surface area contributed by atoms with Crippen LogP contribution in [0.15, 0.2) is 0 Å². The van der Waals surface area contributed by atoms with E-state index in [0.29, 0.717) is 12.0 Å². The fourth-order valence-corrected chi connectivity index (χ4v) is 4.00. The summed E-state index contributed by atoms with van der Waals surface area (Å²) in [4.78, 5) is 0. The van der Waals surface area contributed by atoms with Gasteiger partial charge in [0.15, 0.2) is 0 Å². The van der Waals surface area contributed by atoms with E-state index >= 15 is 0 Å². The van der Waals surface area contributed by atoms with E-state index in [1.807, 2.05) is 0 Å². The van der Waals surface area contributed by atoms with Crippen molar-refractivity contribution in [2.45, 2.75) is 77.1 Å². The Morgan fingerprint density at radius 2 is 2.06 bits per heavy atom. The maximum absolute atomic E-state index is 6.14. The molecule has 0 N–H and O–H groups in total. The van der Waals surface area contributed by atoms with Gasteiger partial charge >= 0.3 is 0 Å². The van der Waals surface area contributed by atoms with E-state index < -0.39 is 0 Å². The van der Waals surface area contributed by atoms with Crippen molar-refractivity contribution >= 4 is 0 Å². The van der Waals surface area contributed by atoms with Crippen molar-refractivity contribution in [1.82, 2.24) is 0 Å². The molecule has 0 aromatic carbocycles. The summed E-state index contributed by atoms with van der Waals surface area (Å²) in [5.41, 5.74) is 0.341. The van der Waals surface area contributed by atoms with Crippen LogP contribution >= 0.6 is 0 Å². The predicted molar refractivity (Wildman–Crippen MR) is 72.5 cm³/mol. The topological polar surface area (TPSA) is 25.1 Å². The van der Waals surface area contributed by atoms with E-state index in [0.717, 1.165) is 18.4 Å². The first kappa shape index (κ1) is 12.9. The molecule has 3 aliphatic rings. The third-order valence-corrected chi connectivity index (χ3v) is 5.52. The molecule has 0 amide bonds. The fourth-order valence-electron chi connectivity index (χ4n) is 4.00. The van der Waals surface area contributed by atoms with Crippen molar-refractivity contribution in [3.05, 3.63) is 0 Å². The number of ether oxygens (including phenoxy) is 2. The molecule has 0 aromatic heterocycles. The van der Waals surface area contributed by atoms with Gasteiger partial charge in [-0.25, -0.2) is 0 Å². The third kappa shape index (κ3) is 2.12. The average molecular weight is 252 g/mol. The monoisotopic (exact) mass is 252 g/mol. The Morgan fingerprint density at radius 1 is 1.33 bits per heavy atom. The second-order valence-electron chi connectivity index (χ2n) is 7.55. The van der Waals surface area contributed by atoms with Gasteiger partial charge in [-0.3, -0.25) is 0 Å². The summed E-state index contributed by atoms with van der Waals surface area (Å²) in [5, 5.41) is 0. The van der Waals surface area contributed by atoms with Crippen LogP contribution in [0.2, 0.25) is 0 Å². The highest BCUT2D eigenvalue weighted by Gasteiger charge is 2.68. The maximum atomic E-state index is 6.14. The van der Waals surface area contributed by atoms with Crippen LogP contribution in [0.1, 0.15) is 59.8 Å². The summed E-state index contributed by atoms with van der Waals surface area (Å²) in [7, 11) is 0. The van der Waals surface area contributed by atoms with Gasteiger partial charge in [0.25, 0.3) is 0 Å². The lowest BCUT2D eigenvalue weighted by Crippen LogP contribution is -2.41. The van der Waals surface area contributed by atoms with Crippen molar-refractivity contribution in [1.29, 1.82) is 0 Å². The summed E-state index contributed by atoms with van der Waals surface area (Å²) in [5.74, 6) is 2.28. The highest BCUT2D eigenvalue weighted by molar-refractivity contribution is 5.15. The normalized spacial score (nSPS) is 50.8. The lowest BCUT2D eigenvalue weighted by molar-refractivity contribution is 0.0673. The molecule has 5 unspecified atom stereocenters. The minimum Gasteiger partial charge on any atom is -0.369 e.